The lowest BCUT2D eigenvalue weighted by Crippen LogP contribution is -2.41. The standard InChI is InChI=1S/C16H20N4O3S/c1-9-12(10(2)18-16(17-9)24-4)5-6-14(21)19-20-15(22)13-7-8-23-11(13)3/h7-8H,5-6H2,1-4H3,(H,19,21)(H,20,22). The number of aromatic nitrogens is 2. The maximum atomic E-state index is 11.9. The number of furan rings is 1. The summed E-state index contributed by atoms with van der Waals surface area (Å²) in [7, 11) is 0. The lowest BCUT2D eigenvalue weighted by atomic mass is 10.1. The summed E-state index contributed by atoms with van der Waals surface area (Å²) in [4.78, 5) is 32.6. The van der Waals surface area contributed by atoms with Gasteiger partial charge in [0, 0.05) is 17.8 Å². The maximum Gasteiger partial charge on any atom is 0.273 e. The quantitative estimate of drug-likeness (QED) is 0.488. The Hall–Kier alpha value is -2.35. The van der Waals surface area contributed by atoms with Crippen LogP contribution in [0.25, 0.3) is 0 Å². The van der Waals surface area contributed by atoms with Crippen LogP contribution in [0.1, 0.15) is 39.5 Å². The Morgan fingerprint density at radius 1 is 1.17 bits per heavy atom. The van der Waals surface area contributed by atoms with E-state index in [2.05, 4.69) is 20.8 Å². The van der Waals surface area contributed by atoms with E-state index in [4.69, 9.17) is 4.42 Å². The molecule has 2 aromatic rings. The highest BCUT2D eigenvalue weighted by Crippen LogP contribution is 2.17. The lowest BCUT2D eigenvalue weighted by molar-refractivity contribution is -0.121. The van der Waals surface area contributed by atoms with E-state index in [9.17, 15) is 9.59 Å². The van der Waals surface area contributed by atoms with Crippen molar-refractivity contribution in [1.82, 2.24) is 20.8 Å². The van der Waals surface area contributed by atoms with E-state index < -0.39 is 5.91 Å². The number of hydrazine groups is 1. The number of thioether (sulfide) groups is 1. The van der Waals surface area contributed by atoms with Crippen molar-refractivity contribution >= 4 is 23.6 Å². The van der Waals surface area contributed by atoms with Gasteiger partial charge in [0.15, 0.2) is 5.16 Å². The van der Waals surface area contributed by atoms with Gasteiger partial charge in [-0.3, -0.25) is 20.4 Å². The fourth-order valence-electron chi connectivity index (χ4n) is 2.28. The second-order valence-electron chi connectivity index (χ2n) is 5.25. The zero-order valence-corrected chi connectivity index (χ0v) is 14.9. The van der Waals surface area contributed by atoms with Crippen molar-refractivity contribution in [2.45, 2.75) is 38.8 Å². The van der Waals surface area contributed by atoms with Gasteiger partial charge in [-0.05, 0) is 45.1 Å². The van der Waals surface area contributed by atoms with E-state index in [0.29, 0.717) is 17.7 Å². The molecule has 0 bridgehead atoms. The highest BCUT2D eigenvalue weighted by atomic mass is 32.2. The van der Waals surface area contributed by atoms with Crippen molar-refractivity contribution < 1.29 is 14.0 Å². The van der Waals surface area contributed by atoms with Gasteiger partial charge >= 0.3 is 0 Å². The monoisotopic (exact) mass is 348 g/mol. The van der Waals surface area contributed by atoms with Crippen molar-refractivity contribution in [3.8, 4) is 0 Å². The van der Waals surface area contributed by atoms with Gasteiger partial charge < -0.3 is 4.42 Å². The number of hydrogen-bond acceptors (Lipinski definition) is 6. The molecule has 24 heavy (non-hydrogen) atoms. The third kappa shape index (κ3) is 4.35. The Morgan fingerprint density at radius 3 is 2.38 bits per heavy atom. The van der Waals surface area contributed by atoms with E-state index in [0.717, 1.165) is 22.1 Å². The topological polar surface area (TPSA) is 97.1 Å². The van der Waals surface area contributed by atoms with Crippen LogP contribution >= 0.6 is 11.8 Å². The van der Waals surface area contributed by atoms with Crippen LogP contribution in [0.3, 0.4) is 0 Å². The molecule has 0 aliphatic carbocycles. The third-order valence-corrected chi connectivity index (χ3v) is 4.15. The lowest BCUT2D eigenvalue weighted by Gasteiger charge is -2.10. The number of nitrogens with one attached hydrogen (secondary N) is 2. The minimum atomic E-state index is -0.408. The molecule has 0 atom stereocenters. The molecule has 2 heterocycles. The largest absolute Gasteiger partial charge is 0.469 e. The predicted molar refractivity (Wildman–Crippen MR) is 90.7 cm³/mol. The summed E-state index contributed by atoms with van der Waals surface area (Å²) in [5.74, 6) is -0.189. The predicted octanol–water partition coefficient (Wildman–Crippen LogP) is 2.11. The van der Waals surface area contributed by atoms with Crippen molar-refractivity contribution in [2.24, 2.45) is 0 Å². The average Bonchev–Trinajstić information content (AvgIpc) is 2.97. The molecule has 0 spiro atoms. The van der Waals surface area contributed by atoms with Crippen LogP contribution in [0.5, 0.6) is 0 Å². The highest BCUT2D eigenvalue weighted by Gasteiger charge is 2.13. The second-order valence-corrected chi connectivity index (χ2v) is 6.03. The molecule has 7 nitrogen and oxygen atoms in total. The van der Waals surface area contributed by atoms with Crippen LogP contribution in [0.2, 0.25) is 0 Å². The molecular weight excluding hydrogens is 328 g/mol. The van der Waals surface area contributed by atoms with Crippen molar-refractivity contribution in [3.63, 3.8) is 0 Å². The summed E-state index contributed by atoms with van der Waals surface area (Å²) in [6.07, 6.45) is 4.09. The van der Waals surface area contributed by atoms with Crippen molar-refractivity contribution in [1.29, 1.82) is 0 Å². The van der Waals surface area contributed by atoms with Crippen LogP contribution in [-0.2, 0) is 11.2 Å². The molecule has 0 radical (unpaired) electrons. The van der Waals surface area contributed by atoms with Crippen LogP contribution < -0.4 is 10.9 Å². The maximum absolute atomic E-state index is 11.9. The van der Waals surface area contributed by atoms with Crippen LogP contribution in [0, 0.1) is 20.8 Å². The van der Waals surface area contributed by atoms with Crippen molar-refractivity contribution in [2.75, 3.05) is 6.26 Å². The molecule has 0 aliphatic rings. The van der Waals surface area contributed by atoms with E-state index in [1.807, 2.05) is 20.1 Å². The Bertz CT molecular complexity index is 735. The van der Waals surface area contributed by atoms with Crippen LogP contribution in [0.15, 0.2) is 21.9 Å². The molecular formula is C16H20N4O3S. The number of aryl methyl sites for hydroxylation is 3. The fraction of sp³-hybridized carbons (Fsp3) is 0.375. The third-order valence-electron chi connectivity index (χ3n) is 3.60. The number of amides is 2. The van der Waals surface area contributed by atoms with Gasteiger partial charge in [-0.2, -0.15) is 0 Å². The Balaban J connectivity index is 1.88. The van der Waals surface area contributed by atoms with E-state index in [1.165, 1.54) is 18.0 Å². The van der Waals surface area contributed by atoms with Gasteiger partial charge in [-0.1, -0.05) is 11.8 Å². The zero-order valence-electron chi connectivity index (χ0n) is 14.1. The number of hydrogen-bond donors (Lipinski definition) is 2. The summed E-state index contributed by atoms with van der Waals surface area (Å²) in [6, 6.07) is 1.55. The van der Waals surface area contributed by atoms with Gasteiger partial charge in [0.2, 0.25) is 5.91 Å². The Kier molecular flexibility index (Phi) is 5.97. The molecule has 0 unspecified atom stereocenters. The first kappa shape index (κ1) is 18.0. The first-order chi connectivity index (χ1) is 11.4. The van der Waals surface area contributed by atoms with Gasteiger partial charge in [0.05, 0.1) is 11.8 Å². The molecule has 2 N–H and O–H groups in total. The second kappa shape index (κ2) is 7.96. The number of rotatable bonds is 5. The molecule has 0 fully saturated rings. The van der Waals surface area contributed by atoms with Gasteiger partial charge in [-0.25, -0.2) is 9.97 Å². The summed E-state index contributed by atoms with van der Waals surface area (Å²) in [5.41, 5.74) is 7.88. The summed E-state index contributed by atoms with van der Waals surface area (Å²) in [5, 5.41) is 0.723. The smallest absolute Gasteiger partial charge is 0.273 e. The number of carbonyl (C=O) groups excluding carboxylic acids is 2. The summed E-state index contributed by atoms with van der Waals surface area (Å²) in [6.45, 7) is 5.50. The summed E-state index contributed by atoms with van der Waals surface area (Å²) < 4.78 is 5.05. The molecule has 0 saturated heterocycles. The molecule has 0 aliphatic heterocycles. The van der Waals surface area contributed by atoms with Crippen molar-refractivity contribution in [3.05, 3.63) is 40.6 Å². The minimum Gasteiger partial charge on any atom is -0.469 e. The number of nitrogens with zero attached hydrogens (tertiary/aromatic N) is 2. The SMILES string of the molecule is CSc1nc(C)c(CCC(=O)NNC(=O)c2ccoc2C)c(C)n1. The fourth-order valence-corrected chi connectivity index (χ4v) is 2.73. The average molecular weight is 348 g/mol. The zero-order chi connectivity index (χ0) is 17.7. The van der Waals surface area contributed by atoms with E-state index >= 15 is 0 Å². The van der Waals surface area contributed by atoms with E-state index in [-0.39, 0.29) is 12.3 Å². The molecule has 0 saturated carbocycles. The number of carbonyl (C=O) groups is 2. The molecule has 8 heteroatoms. The van der Waals surface area contributed by atoms with Gasteiger partial charge in [0.25, 0.3) is 5.91 Å². The highest BCUT2D eigenvalue weighted by molar-refractivity contribution is 7.98. The molecule has 2 rings (SSSR count). The minimum absolute atomic E-state index is 0.230. The summed E-state index contributed by atoms with van der Waals surface area (Å²) >= 11 is 1.48. The molecule has 128 valence electrons. The van der Waals surface area contributed by atoms with Gasteiger partial charge in [-0.15, -0.1) is 0 Å². The molecule has 0 aromatic carbocycles. The Morgan fingerprint density at radius 2 is 1.83 bits per heavy atom. The molecule has 2 amide bonds. The molecule has 2 aromatic heterocycles. The first-order valence-electron chi connectivity index (χ1n) is 7.43. The first-order valence-corrected chi connectivity index (χ1v) is 8.66. The Labute approximate surface area is 144 Å². The van der Waals surface area contributed by atoms with Crippen LogP contribution in [-0.4, -0.2) is 28.0 Å². The van der Waals surface area contributed by atoms with E-state index in [1.54, 1.807) is 13.0 Å². The normalized spacial score (nSPS) is 10.5. The van der Waals surface area contributed by atoms with Crippen LogP contribution in [0.4, 0.5) is 0 Å². The van der Waals surface area contributed by atoms with Gasteiger partial charge in [0.1, 0.15) is 5.76 Å².